The van der Waals surface area contributed by atoms with Crippen LogP contribution < -0.4 is 10.1 Å². The van der Waals surface area contributed by atoms with E-state index in [2.05, 4.69) is 17.2 Å². The van der Waals surface area contributed by atoms with Gasteiger partial charge < -0.3 is 10.1 Å². The second kappa shape index (κ2) is 10.2. The number of unbranched alkanes of at least 4 members (excludes halogenated alkanes) is 1. The summed E-state index contributed by atoms with van der Waals surface area (Å²) in [4.78, 5) is 16.2. The van der Waals surface area contributed by atoms with Gasteiger partial charge in [0.1, 0.15) is 16.8 Å². The molecular formula is C20H20F3N3O2S. The van der Waals surface area contributed by atoms with Gasteiger partial charge in [-0.15, -0.1) is 0 Å². The number of nitrogens with one attached hydrogen (secondary N) is 1. The fourth-order valence-electron chi connectivity index (χ4n) is 2.41. The molecule has 1 amide bonds. The summed E-state index contributed by atoms with van der Waals surface area (Å²) in [7, 11) is 0. The summed E-state index contributed by atoms with van der Waals surface area (Å²) in [5, 5.41) is 11.7. The predicted octanol–water partition coefficient (Wildman–Crippen LogP) is 5.19. The molecule has 0 bridgehead atoms. The maximum atomic E-state index is 13.2. The number of halogens is 3. The van der Waals surface area contributed by atoms with Crippen molar-refractivity contribution >= 4 is 23.4 Å². The molecule has 0 aliphatic rings. The van der Waals surface area contributed by atoms with Gasteiger partial charge in [-0.3, -0.25) is 4.79 Å². The molecule has 1 aromatic heterocycles. The average molecular weight is 423 g/mol. The normalized spacial score (nSPS) is 11.0. The smallest absolute Gasteiger partial charge is 0.417 e. The zero-order valence-electron chi connectivity index (χ0n) is 16.0. The van der Waals surface area contributed by atoms with Gasteiger partial charge in [0.25, 0.3) is 0 Å². The maximum Gasteiger partial charge on any atom is 0.417 e. The summed E-state index contributed by atoms with van der Waals surface area (Å²) in [6, 6.07) is 9.24. The number of aromatic nitrogens is 1. The highest BCUT2D eigenvalue weighted by atomic mass is 32.2. The molecule has 1 N–H and O–H groups in total. The largest absolute Gasteiger partial charge is 0.494 e. The number of carbonyl (C=O) groups is 1. The van der Waals surface area contributed by atoms with Crippen molar-refractivity contribution in [2.24, 2.45) is 0 Å². The first kappa shape index (κ1) is 22.6. The zero-order valence-corrected chi connectivity index (χ0v) is 16.8. The number of nitriles is 1. The number of benzene rings is 1. The van der Waals surface area contributed by atoms with E-state index in [0.717, 1.165) is 30.7 Å². The van der Waals surface area contributed by atoms with Crippen LogP contribution in [0.15, 0.2) is 35.4 Å². The van der Waals surface area contributed by atoms with Crippen molar-refractivity contribution in [2.75, 3.05) is 17.7 Å². The molecule has 154 valence electrons. The number of alkyl halides is 3. The lowest BCUT2D eigenvalue weighted by Crippen LogP contribution is -2.15. The van der Waals surface area contributed by atoms with Crippen LogP contribution in [0.3, 0.4) is 0 Å². The summed E-state index contributed by atoms with van der Waals surface area (Å²) in [5.74, 6) is -0.00380. The van der Waals surface area contributed by atoms with E-state index in [0.29, 0.717) is 18.0 Å². The van der Waals surface area contributed by atoms with Gasteiger partial charge in [0.2, 0.25) is 5.91 Å². The van der Waals surface area contributed by atoms with Crippen LogP contribution in [0.4, 0.5) is 18.9 Å². The van der Waals surface area contributed by atoms with E-state index in [9.17, 15) is 18.0 Å². The molecule has 2 rings (SSSR count). The minimum atomic E-state index is -4.67. The number of aryl methyl sites for hydroxylation is 1. The molecule has 0 atom stereocenters. The molecule has 9 heteroatoms. The highest BCUT2D eigenvalue weighted by molar-refractivity contribution is 8.00. The number of pyridine rings is 1. The Bertz CT molecular complexity index is 911. The topological polar surface area (TPSA) is 75.0 Å². The minimum absolute atomic E-state index is 0.119. The van der Waals surface area contributed by atoms with Crippen molar-refractivity contribution in [1.29, 1.82) is 5.26 Å². The fraction of sp³-hybridized carbons (Fsp3) is 0.350. The molecule has 5 nitrogen and oxygen atoms in total. The van der Waals surface area contributed by atoms with Gasteiger partial charge in [-0.25, -0.2) is 4.98 Å². The van der Waals surface area contributed by atoms with Gasteiger partial charge >= 0.3 is 6.18 Å². The van der Waals surface area contributed by atoms with E-state index in [1.165, 1.54) is 6.92 Å². The van der Waals surface area contributed by atoms with Crippen LogP contribution in [0.1, 0.15) is 36.6 Å². The van der Waals surface area contributed by atoms with E-state index >= 15 is 0 Å². The van der Waals surface area contributed by atoms with Crippen molar-refractivity contribution in [2.45, 2.75) is 37.9 Å². The van der Waals surface area contributed by atoms with E-state index < -0.39 is 23.2 Å². The lowest BCUT2D eigenvalue weighted by atomic mass is 10.1. The van der Waals surface area contributed by atoms with Gasteiger partial charge in [-0.2, -0.15) is 18.4 Å². The van der Waals surface area contributed by atoms with Crippen LogP contribution in [-0.4, -0.2) is 23.3 Å². The van der Waals surface area contributed by atoms with Gasteiger partial charge in [0.05, 0.1) is 23.5 Å². The third-order valence-electron chi connectivity index (χ3n) is 3.76. The Balaban J connectivity index is 2.06. The molecule has 0 aliphatic heterocycles. The van der Waals surface area contributed by atoms with E-state index in [-0.39, 0.29) is 16.5 Å². The quantitative estimate of drug-likeness (QED) is 0.467. The number of ether oxygens (including phenoxy) is 1. The van der Waals surface area contributed by atoms with Crippen LogP contribution in [0, 0.1) is 18.3 Å². The maximum absolute atomic E-state index is 13.2. The summed E-state index contributed by atoms with van der Waals surface area (Å²) in [6.07, 6.45) is -2.76. The minimum Gasteiger partial charge on any atom is -0.494 e. The third-order valence-corrected chi connectivity index (χ3v) is 4.73. The van der Waals surface area contributed by atoms with Crippen molar-refractivity contribution in [1.82, 2.24) is 4.98 Å². The molecule has 0 saturated heterocycles. The number of nitrogens with zero attached hydrogens (tertiary/aromatic N) is 2. The molecule has 0 radical (unpaired) electrons. The Labute approximate surface area is 171 Å². The second-order valence-corrected chi connectivity index (χ2v) is 7.13. The van der Waals surface area contributed by atoms with E-state index in [4.69, 9.17) is 10.00 Å². The van der Waals surface area contributed by atoms with Gasteiger partial charge in [-0.1, -0.05) is 31.2 Å². The second-order valence-electron chi connectivity index (χ2n) is 6.17. The fourth-order valence-corrected chi connectivity index (χ4v) is 3.26. The molecule has 1 aromatic carbocycles. The molecular weight excluding hydrogens is 403 g/mol. The zero-order chi connectivity index (χ0) is 21.4. The van der Waals surface area contributed by atoms with E-state index in [1.54, 1.807) is 30.3 Å². The Morgan fingerprint density at radius 2 is 2.10 bits per heavy atom. The Morgan fingerprint density at radius 1 is 1.34 bits per heavy atom. The average Bonchev–Trinajstić information content (AvgIpc) is 2.66. The molecule has 0 unspecified atom stereocenters. The highest BCUT2D eigenvalue weighted by Crippen LogP contribution is 2.35. The Morgan fingerprint density at radius 3 is 2.76 bits per heavy atom. The molecule has 29 heavy (non-hydrogen) atoms. The van der Waals surface area contributed by atoms with Crippen LogP contribution in [0.5, 0.6) is 5.75 Å². The van der Waals surface area contributed by atoms with Crippen LogP contribution in [0.2, 0.25) is 0 Å². The van der Waals surface area contributed by atoms with Crippen LogP contribution in [0.25, 0.3) is 0 Å². The first-order chi connectivity index (χ1) is 13.7. The predicted molar refractivity (Wildman–Crippen MR) is 105 cm³/mol. The summed E-state index contributed by atoms with van der Waals surface area (Å²) >= 11 is 0.788. The number of hydrogen-bond donors (Lipinski definition) is 1. The molecule has 0 saturated carbocycles. The third kappa shape index (κ3) is 6.68. The first-order valence-electron chi connectivity index (χ1n) is 8.89. The summed E-state index contributed by atoms with van der Waals surface area (Å²) in [6.45, 7) is 4.03. The van der Waals surface area contributed by atoms with Crippen LogP contribution in [-0.2, 0) is 11.0 Å². The molecule has 0 spiro atoms. The van der Waals surface area contributed by atoms with E-state index in [1.807, 2.05) is 0 Å². The molecule has 0 aliphatic carbocycles. The SMILES string of the molecule is CCCCOc1cccc(NC(=O)CSc2nc(C)cc(C(F)(F)F)c2C#N)c1. The number of amides is 1. The molecule has 1 heterocycles. The highest BCUT2D eigenvalue weighted by Gasteiger charge is 2.35. The standard InChI is InChI=1S/C20H20F3N3O2S/c1-3-4-8-28-15-7-5-6-14(10-15)26-18(27)12-29-19-16(11-24)17(20(21,22)23)9-13(2)25-19/h5-7,9-10H,3-4,8,12H2,1-2H3,(H,26,27). The Hall–Kier alpha value is -2.73. The van der Waals surface area contributed by atoms with Crippen molar-refractivity contribution < 1.29 is 22.7 Å². The number of thioether (sulfide) groups is 1. The summed E-state index contributed by atoms with van der Waals surface area (Å²) < 4.78 is 45.0. The lowest BCUT2D eigenvalue weighted by Gasteiger charge is -2.13. The summed E-state index contributed by atoms with van der Waals surface area (Å²) in [5.41, 5.74) is -0.992. The number of anilines is 1. The van der Waals surface area contributed by atoms with Gasteiger partial charge in [-0.05, 0) is 31.5 Å². The molecule has 2 aromatic rings. The van der Waals surface area contributed by atoms with Gasteiger partial charge in [0, 0.05) is 17.4 Å². The van der Waals surface area contributed by atoms with Gasteiger partial charge in [0.15, 0.2) is 0 Å². The number of carbonyl (C=O) groups excluding carboxylic acids is 1. The van der Waals surface area contributed by atoms with Crippen LogP contribution >= 0.6 is 11.8 Å². The first-order valence-corrected chi connectivity index (χ1v) is 9.87. The van der Waals surface area contributed by atoms with Crippen molar-refractivity contribution in [3.8, 4) is 11.8 Å². The van der Waals surface area contributed by atoms with Crippen molar-refractivity contribution in [3.05, 3.63) is 47.2 Å². The lowest BCUT2D eigenvalue weighted by molar-refractivity contribution is -0.138. The number of rotatable bonds is 8. The number of hydrogen-bond acceptors (Lipinski definition) is 5. The molecule has 0 fully saturated rings. The van der Waals surface area contributed by atoms with Crippen molar-refractivity contribution in [3.63, 3.8) is 0 Å². The Kier molecular flexibility index (Phi) is 7.91. The monoisotopic (exact) mass is 423 g/mol.